The van der Waals surface area contributed by atoms with Crippen molar-refractivity contribution >= 4 is 51.7 Å². The molecule has 8 heteroatoms. The van der Waals surface area contributed by atoms with E-state index in [0.717, 1.165) is 5.56 Å². The van der Waals surface area contributed by atoms with Crippen LogP contribution in [0.2, 0.25) is 0 Å². The number of benzene rings is 1. The van der Waals surface area contributed by atoms with Gasteiger partial charge in [0.15, 0.2) is 0 Å². The number of pyridine rings is 1. The average Bonchev–Trinajstić information content (AvgIpc) is 3.12. The number of fused-ring (bicyclic) bond motifs is 1. The molecule has 6 nitrogen and oxygen atoms in total. The number of anilines is 1. The largest absolute Gasteiger partial charge is 0.348 e. The Balaban J connectivity index is 1.73. The molecule has 1 aromatic carbocycles. The van der Waals surface area contributed by atoms with Crippen LogP contribution in [0.25, 0.3) is 11.7 Å². The number of carbonyl (C=O) groups is 1. The van der Waals surface area contributed by atoms with Gasteiger partial charge in [0.1, 0.15) is 15.8 Å². The number of nitrogens with zero attached hydrogens (tertiary/aromatic N) is 4. The van der Waals surface area contributed by atoms with Crippen LogP contribution in [0.3, 0.4) is 0 Å². The molecule has 1 saturated heterocycles. The van der Waals surface area contributed by atoms with Crippen molar-refractivity contribution < 1.29 is 4.79 Å². The molecule has 0 unspecified atom stereocenters. The minimum atomic E-state index is -0.256. The highest BCUT2D eigenvalue weighted by Crippen LogP contribution is 2.33. The van der Waals surface area contributed by atoms with Crippen LogP contribution in [-0.4, -0.2) is 44.1 Å². The average molecular weight is 489 g/mol. The summed E-state index contributed by atoms with van der Waals surface area (Å²) in [5, 5.41) is 0. The Morgan fingerprint density at radius 1 is 1.03 bits per heavy atom. The van der Waals surface area contributed by atoms with E-state index in [1.54, 1.807) is 41.5 Å². The topological polar surface area (TPSA) is 57.9 Å². The number of amides is 1. The van der Waals surface area contributed by atoms with Crippen LogP contribution >= 0.6 is 24.0 Å². The summed E-state index contributed by atoms with van der Waals surface area (Å²) in [6.45, 7) is 9.06. The lowest BCUT2D eigenvalue weighted by Gasteiger charge is -2.22. The van der Waals surface area contributed by atoms with Crippen LogP contribution < -0.4 is 10.5 Å². The maximum Gasteiger partial charge on any atom is 0.267 e. The van der Waals surface area contributed by atoms with Crippen LogP contribution in [-0.2, 0) is 11.2 Å². The Bertz CT molecular complexity index is 1340. The molecule has 0 atom stereocenters. The minimum absolute atomic E-state index is 0.201. The number of hydrogen-bond donors (Lipinski definition) is 0. The highest BCUT2D eigenvalue weighted by Gasteiger charge is 2.32. The molecule has 0 aliphatic carbocycles. The van der Waals surface area contributed by atoms with Gasteiger partial charge in [0, 0.05) is 25.8 Å². The fraction of sp³-hybridized carbons (Fsp3) is 0.154. The third-order valence-electron chi connectivity index (χ3n) is 5.36. The maximum absolute atomic E-state index is 13.5. The third-order valence-corrected chi connectivity index (χ3v) is 6.74. The van der Waals surface area contributed by atoms with E-state index in [9.17, 15) is 9.59 Å². The van der Waals surface area contributed by atoms with E-state index in [-0.39, 0.29) is 11.5 Å². The summed E-state index contributed by atoms with van der Waals surface area (Å²) in [6, 6.07) is 15.3. The van der Waals surface area contributed by atoms with Gasteiger partial charge in [-0.05, 0) is 30.2 Å². The summed E-state index contributed by atoms with van der Waals surface area (Å²) in [5.74, 6) is 0.277. The van der Waals surface area contributed by atoms with Crippen LogP contribution in [0.1, 0.15) is 11.1 Å². The number of carbonyl (C=O) groups excluding carboxylic acids is 1. The maximum atomic E-state index is 13.5. The molecular formula is C26H24N4O2S2. The van der Waals surface area contributed by atoms with Gasteiger partial charge in [-0.25, -0.2) is 4.98 Å². The first kappa shape index (κ1) is 23.7. The van der Waals surface area contributed by atoms with Crippen molar-refractivity contribution in [3.63, 3.8) is 0 Å². The number of hydrogen-bond acceptors (Lipinski definition) is 6. The first-order valence-electron chi connectivity index (χ1n) is 10.8. The van der Waals surface area contributed by atoms with E-state index in [2.05, 4.69) is 13.2 Å². The smallest absolute Gasteiger partial charge is 0.267 e. The number of thioether (sulfide) groups is 1. The first-order chi connectivity index (χ1) is 16.5. The molecule has 1 amide bonds. The van der Waals surface area contributed by atoms with Gasteiger partial charge in [0.2, 0.25) is 0 Å². The molecular weight excluding hydrogens is 464 g/mol. The van der Waals surface area contributed by atoms with Crippen molar-refractivity contribution in [2.75, 3.05) is 24.5 Å². The second-order valence-corrected chi connectivity index (χ2v) is 9.31. The van der Waals surface area contributed by atoms with Gasteiger partial charge in [-0.1, -0.05) is 72.5 Å². The summed E-state index contributed by atoms with van der Waals surface area (Å²) in [6.07, 6.45) is 7.46. The Morgan fingerprint density at radius 3 is 2.44 bits per heavy atom. The molecule has 2 aromatic heterocycles. The summed E-state index contributed by atoms with van der Waals surface area (Å²) in [4.78, 5) is 35.3. The van der Waals surface area contributed by atoms with Gasteiger partial charge in [-0.15, -0.1) is 13.2 Å². The van der Waals surface area contributed by atoms with E-state index in [4.69, 9.17) is 17.2 Å². The molecule has 0 bridgehead atoms. The van der Waals surface area contributed by atoms with Gasteiger partial charge in [0.05, 0.1) is 10.5 Å². The van der Waals surface area contributed by atoms with Crippen molar-refractivity contribution in [3.05, 3.63) is 106 Å². The van der Waals surface area contributed by atoms with E-state index in [0.29, 0.717) is 52.3 Å². The molecule has 4 rings (SSSR count). The number of aromatic nitrogens is 2. The summed E-state index contributed by atoms with van der Waals surface area (Å²) in [5.41, 5.74) is 1.72. The standard InChI is InChI=1S/C26H24N4O2S2/c1-3-14-28(15-4-2)23-20(24(31)29-16-9-8-12-22(29)27-23)18-21-25(32)30(26(33)34-21)17-13-19-10-6-5-7-11-19/h3-12,16,18H,1-2,13-15,17H2. The van der Waals surface area contributed by atoms with Crippen LogP contribution in [0.15, 0.2) is 89.7 Å². The highest BCUT2D eigenvalue weighted by molar-refractivity contribution is 8.26. The second-order valence-electron chi connectivity index (χ2n) is 7.63. The zero-order valence-electron chi connectivity index (χ0n) is 18.6. The zero-order chi connectivity index (χ0) is 24.1. The molecule has 3 heterocycles. The molecule has 1 aliphatic rings. The summed E-state index contributed by atoms with van der Waals surface area (Å²) in [7, 11) is 0. The van der Waals surface area contributed by atoms with Gasteiger partial charge in [-0.2, -0.15) is 0 Å². The molecule has 34 heavy (non-hydrogen) atoms. The van der Waals surface area contributed by atoms with E-state index < -0.39 is 0 Å². The van der Waals surface area contributed by atoms with Crippen molar-refractivity contribution in [1.29, 1.82) is 0 Å². The van der Waals surface area contributed by atoms with Gasteiger partial charge >= 0.3 is 0 Å². The predicted octanol–water partition coefficient (Wildman–Crippen LogP) is 4.32. The minimum Gasteiger partial charge on any atom is -0.348 e. The lowest BCUT2D eigenvalue weighted by molar-refractivity contribution is -0.122. The van der Waals surface area contributed by atoms with Crippen LogP contribution in [0.4, 0.5) is 5.82 Å². The number of thiocarbonyl (C=S) groups is 1. The van der Waals surface area contributed by atoms with Crippen molar-refractivity contribution in [3.8, 4) is 0 Å². The highest BCUT2D eigenvalue weighted by atomic mass is 32.2. The van der Waals surface area contributed by atoms with Crippen LogP contribution in [0, 0.1) is 0 Å². The fourth-order valence-corrected chi connectivity index (χ4v) is 5.02. The Hall–Kier alpha value is -3.49. The quantitative estimate of drug-likeness (QED) is 0.254. The molecule has 0 spiro atoms. The van der Waals surface area contributed by atoms with Crippen molar-refractivity contribution in [2.45, 2.75) is 6.42 Å². The lowest BCUT2D eigenvalue weighted by atomic mass is 10.1. The van der Waals surface area contributed by atoms with Crippen LogP contribution in [0.5, 0.6) is 0 Å². The van der Waals surface area contributed by atoms with Crippen molar-refractivity contribution in [2.24, 2.45) is 0 Å². The molecule has 0 saturated carbocycles. The fourth-order valence-electron chi connectivity index (χ4n) is 3.73. The van der Waals surface area contributed by atoms with E-state index in [1.165, 1.54) is 16.2 Å². The second kappa shape index (κ2) is 10.6. The first-order valence-corrected chi connectivity index (χ1v) is 12.0. The predicted molar refractivity (Wildman–Crippen MR) is 144 cm³/mol. The number of rotatable bonds is 9. The van der Waals surface area contributed by atoms with Gasteiger partial charge in [-0.3, -0.25) is 18.9 Å². The monoisotopic (exact) mass is 488 g/mol. The SMILES string of the molecule is C=CCN(CC=C)c1nc2ccccn2c(=O)c1C=C1SC(=S)N(CCc2ccccc2)C1=O. The third kappa shape index (κ3) is 4.88. The molecule has 0 radical (unpaired) electrons. The summed E-state index contributed by atoms with van der Waals surface area (Å²) < 4.78 is 1.96. The van der Waals surface area contributed by atoms with Gasteiger partial charge < -0.3 is 4.90 Å². The van der Waals surface area contributed by atoms with Gasteiger partial charge in [0.25, 0.3) is 11.5 Å². The molecule has 1 aliphatic heterocycles. The van der Waals surface area contributed by atoms with E-state index in [1.807, 2.05) is 41.3 Å². The molecule has 0 N–H and O–H groups in total. The summed E-state index contributed by atoms with van der Waals surface area (Å²) >= 11 is 6.70. The Morgan fingerprint density at radius 2 is 1.74 bits per heavy atom. The van der Waals surface area contributed by atoms with Crippen molar-refractivity contribution in [1.82, 2.24) is 14.3 Å². The lowest BCUT2D eigenvalue weighted by Crippen LogP contribution is -2.31. The Kier molecular flexibility index (Phi) is 7.40. The zero-order valence-corrected chi connectivity index (χ0v) is 20.2. The normalized spacial score (nSPS) is 14.7. The van der Waals surface area contributed by atoms with E-state index >= 15 is 0 Å². The molecule has 3 aromatic rings. The Labute approximate surface area is 207 Å². The molecule has 172 valence electrons. The molecule has 1 fully saturated rings.